The predicted molar refractivity (Wildman–Crippen MR) is 107 cm³/mol. The van der Waals surface area contributed by atoms with Crippen molar-refractivity contribution in [2.75, 3.05) is 6.61 Å². The monoisotopic (exact) mass is 370 g/mol. The first-order chi connectivity index (χ1) is 11.5. The minimum Gasteiger partial charge on any atom is -0.457 e. The second kappa shape index (κ2) is 8.75. The summed E-state index contributed by atoms with van der Waals surface area (Å²) in [6, 6.07) is 0. The van der Waals surface area contributed by atoms with E-state index in [9.17, 15) is 9.59 Å². The van der Waals surface area contributed by atoms with Gasteiger partial charge in [0.05, 0.1) is 5.92 Å². The molecule has 0 aromatic heterocycles. The Morgan fingerprint density at radius 2 is 1.35 bits per heavy atom. The number of carbonyl (C=O) groups is 2. The van der Waals surface area contributed by atoms with E-state index in [-0.39, 0.29) is 34.7 Å². The number of rotatable bonds is 9. The van der Waals surface area contributed by atoms with Gasteiger partial charge in [-0.05, 0) is 31.1 Å². The molecule has 0 spiro atoms. The number of esters is 2. The fraction of sp³-hybridized carbons (Fsp3) is 0.909. The molecule has 0 N–H and O–H groups in total. The maximum Gasteiger partial charge on any atom is 0.344 e. The van der Waals surface area contributed by atoms with Gasteiger partial charge in [-0.15, -0.1) is 0 Å². The minimum absolute atomic E-state index is 0.0465. The molecule has 0 amide bonds. The van der Waals surface area contributed by atoms with Gasteiger partial charge in [-0.1, -0.05) is 75.2 Å². The van der Waals surface area contributed by atoms with Gasteiger partial charge in [-0.3, -0.25) is 4.79 Å². The molecule has 0 saturated heterocycles. The molecule has 0 radical (unpaired) electrons. The van der Waals surface area contributed by atoms with Gasteiger partial charge in [-0.2, -0.15) is 0 Å². The maximum atomic E-state index is 12.8. The molecule has 0 aliphatic heterocycles. The van der Waals surface area contributed by atoms with Crippen LogP contribution in [-0.4, -0.2) is 24.1 Å². The van der Waals surface area contributed by atoms with Gasteiger partial charge >= 0.3 is 11.9 Å². The Hall–Kier alpha value is -1.06. The van der Waals surface area contributed by atoms with E-state index >= 15 is 0 Å². The summed E-state index contributed by atoms with van der Waals surface area (Å²) in [4.78, 5) is 25.0. The molecular weight excluding hydrogens is 328 g/mol. The van der Waals surface area contributed by atoms with Crippen molar-refractivity contribution in [3.05, 3.63) is 0 Å². The third-order valence-corrected chi connectivity index (χ3v) is 6.36. The molecule has 0 aromatic carbocycles. The van der Waals surface area contributed by atoms with Crippen LogP contribution < -0.4 is 0 Å². The zero-order valence-corrected chi connectivity index (χ0v) is 19.0. The van der Waals surface area contributed by atoms with Crippen molar-refractivity contribution in [3.63, 3.8) is 0 Å². The lowest BCUT2D eigenvalue weighted by atomic mass is 9.68. The minimum atomic E-state index is -0.636. The first-order valence-electron chi connectivity index (χ1n) is 9.87. The standard InChI is InChI=1S/C22H42O4/c1-12-20(6,7)14-16(21(8,9)13-2)18(24)25-15-17(23)26-22(10,11)19(3,4)5/h16H,12-15H2,1-11H3. The Morgan fingerprint density at radius 1 is 0.846 bits per heavy atom. The Morgan fingerprint density at radius 3 is 1.73 bits per heavy atom. The van der Waals surface area contributed by atoms with Crippen LogP contribution in [0.2, 0.25) is 0 Å². The Bertz CT molecular complexity index is 481. The number of hydrogen-bond acceptors (Lipinski definition) is 4. The molecular formula is C22H42O4. The summed E-state index contributed by atoms with van der Waals surface area (Å²) < 4.78 is 10.9. The highest BCUT2D eigenvalue weighted by Gasteiger charge is 2.40. The molecule has 1 unspecified atom stereocenters. The number of carbonyl (C=O) groups excluding carboxylic acids is 2. The van der Waals surface area contributed by atoms with Crippen molar-refractivity contribution in [1.29, 1.82) is 0 Å². The molecule has 0 aliphatic rings. The molecule has 26 heavy (non-hydrogen) atoms. The fourth-order valence-electron chi connectivity index (χ4n) is 2.32. The van der Waals surface area contributed by atoms with Gasteiger partial charge < -0.3 is 9.47 Å². The summed E-state index contributed by atoms with van der Waals surface area (Å²) in [6.07, 6.45) is 2.60. The van der Waals surface area contributed by atoms with Crippen molar-refractivity contribution in [3.8, 4) is 0 Å². The molecule has 0 saturated carbocycles. The molecule has 0 aromatic rings. The van der Waals surface area contributed by atoms with Crippen molar-refractivity contribution in [2.45, 2.75) is 101 Å². The van der Waals surface area contributed by atoms with E-state index in [1.165, 1.54) is 0 Å². The Balaban J connectivity index is 5.04. The molecule has 1 atom stereocenters. The van der Waals surface area contributed by atoms with Gasteiger partial charge in [0, 0.05) is 5.41 Å². The second-order valence-corrected chi connectivity index (χ2v) is 10.5. The first kappa shape index (κ1) is 24.9. The lowest BCUT2D eigenvalue weighted by Gasteiger charge is -2.38. The molecule has 4 heteroatoms. The van der Waals surface area contributed by atoms with Gasteiger partial charge in [0.2, 0.25) is 0 Å². The highest BCUT2D eigenvalue weighted by molar-refractivity contribution is 5.78. The lowest BCUT2D eigenvalue weighted by molar-refractivity contribution is -0.178. The average molecular weight is 371 g/mol. The second-order valence-electron chi connectivity index (χ2n) is 10.5. The van der Waals surface area contributed by atoms with Crippen molar-refractivity contribution < 1.29 is 19.1 Å². The van der Waals surface area contributed by atoms with Crippen LogP contribution >= 0.6 is 0 Å². The fourth-order valence-corrected chi connectivity index (χ4v) is 2.32. The van der Waals surface area contributed by atoms with Crippen LogP contribution in [0.25, 0.3) is 0 Å². The van der Waals surface area contributed by atoms with Gasteiger partial charge in [0.25, 0.3) is 0 Å². The van der Waals surface area contributed by atoms with E-state index in [0.717, 1.165) is 19.3 Å². The topological polar surface area (TPSA) is 52.6 Å². The number of hydrogen-bond donors (Lipinski definition) is 0. The van der Waals surface area contributed by atoms with Crippen molar-refractivity contribution in [2.24, 2.45) is 22.2 Å². The molecule has 0 aliphatic carbocycles. The Kier molecular flexibility index (Phi) is 8.40. The molecule has 4 nitrogen and oxygen atoms in total. The van der Waals surface area contributed by atoms with E-state index < -0.39 is 11.6 Å². The van der Waals surface area contributed by atoms with E-state index in [0.29, 0.717) is 0 Å². The van der Waals surface area contributed by atoms with Crippen LogP contribution in [0.5, 0.6) is 0 Å². The summed E-state index contributed by atoms with van der Waals surface area (Å²) in [5.41, 5.74) is -0.976. The largest absolute Gasteiger partial charge is 0.457 e. The maximum absolute atomic E-state index is 12.8. The zero-order valence-electron chi connectivity index (χ0n) is 19.0. The SMILES string of the molecule is CCC(C)(C)CC(C(=O)OCC(=O)OC(C)(C)C(C)(C)C)C(C)(C)CC. The molecule has 0 heterocycles. The first-order valence-corrected chi connectivity index (χ1v) is 9.87. The van der Waals surface area contributed by atoms with E-state index in [1.54, 1.807) is 0 Å². The van der Waals surface area contributed by atoms with Crippen LogP contribution in [0.3, 0.4) is 0 Å². The number of ether oxygens (including phenoxy) is 2. The smallest absolute Gasteiger partial charge is 0.344 e. The molecule has 0 fully saturated rings. The zero-order chi connectivity index (χ0) is 21.0. The third kappa shape index (κ3) is 7.28. The Labute approximate surface area is 161 Å². The van der Waals surface area contributed by atoms with Crippen LogP contribution in [-0.2, 0) is 19.1 Å². The highest BCUT2D eigenvalue weighted by Crippen LogP contribution is 2.41. The van der Waals surface area contributed by atoms with Crippen LogP contribution in [0, 0.1) is 22.2 Å². The van der Waals surface area contributed by atoms with E-state index in [4.69, 9.17) is 9.47 Å². The molecule has 154 valence electrons. The van der Waals surface area contributed by atoms with E-state index in [1.807, 2.05) is 34.6 Å². The van der Waals surface area contributed by atoms with Gasteiger partial charge in [-0.25, -0.2) is 4.79 Å². The summed E-state index contributed by atoms with van der Waals surface area (Å²) >= 11 is 0. The van der Waals surface area contributed by atoms with Gasteiger partial charge in [0.15, 0.2) is 6.61 Å². The highest BCUT2D eigenvalue weighted by atomic mass is 16.6. The quantitative estimate of drug-likeness (QED) is 0.483. The van der Waals surface area contributed by atoms with Crippen LogP contribution in [0.15, 0.2) is 0 Å². The molecule has 0 bridgehead atoms. The van der Waals surface area contributed by atoms with E-state index in [2.05, 4.69) is 41.5 Å². The van der Waals surface area contributed by atoms with Crippen molar-refractivity contribution in [1.82, 2.24) is 0 Å². The van der Waals surface area contributed by atoms with Crippen LogP contribution in [0.1, 0.15) is 95.4 Å². The normalized spacial score (nSPS) is 14.7. The average Bonchev–Trinajstić information content (AvgIpc) is 2.48. The summed E-state index contributed by atoms with van der Waals surface area (Å²) in [6.45, 7) is 22.2. The summed E-state index contributed by atoms with van der Waals surface area (Å²) in [7, 11) is 0. The summed E-state index contributed by atoms with van der Waals surface area (Å²) in [5.74, 6) is -1.05. The van der Waals surface area contributed by atoms with Crippen molar-refractivity contribution >= 4 is 11.9 Å². The van der Waals surface area contributed by atoms with Crippen LogP contribution in [0.4, 0.5) is 0 Å². The lowest BCUT2D eigenvalue weighted by Crippen LogP contribution is -2.42. The van der Waals surface area contributed by atoms with Gasteiger partial charge in [0.1, 0.15) is 5.60 Å². The molecule has 0 rings (SSSR count). The third-order valence-electron chi connectivity index (χ3n) is 6.36. The predicted octanol–water partition coefficient (Wildman–Crippen LogP) is 5.78. The summed E-state index contributed by atoms with van der Waals surface area (Å²) in [5, 5.41) is 0.